The molecule has 0 aliphatic carbocycles. The summed E-state index contributed by atoms with van der Waals surface area (Å²) in [4.78, 5) is 33.0. The number of fused-ring (bicyclic) bond motifs is 1. The average molecular weight is 369 g/mol. The maximum Gasteiger partial charge on any atom is 0.354 e. The predicted octanol–water partition coefficient (Wildman–Crippen LogP) is 3.00. The molecule has 3 rings (SSSR count). The molecule has 0 amide bonds. The van der Waals surface area contributed by atoms with Crippen LogP contribution in [0.15, 0.2) is 54.4 Å². The zero-order chi connectivity index (χ0) is 18.5. The highest BCUT2D eigenvalue weighted by Crippen LogP contribution is 2.30. The fourth-order valence-electron chi connectivity index (χ4n) is 2.21. The van der Waals surface area contributed by atoms with Gasteiger partial charge in [0, 0.05) is 17.4 Å². The van der Waals surface area contributed by atoms with E-state index < -0.39 is 11.9 Å². The molecule has 0 aliphatic rings. The van der Waals surface area contributed by atoms with Crippen LogP contribution >= 0.6 is 11.3 Å². The molecule has 1 N–H and O–H groups in total. The van der Waals surface area contributed by atoms with E-state index >= 15 is 0 Å². The summed E-state index contributed by atoms with van der Waals surface area (Å²) in [6.07, 6.45) is 2.77. The molecule has 0 saturated carbocycles. The molecule has 2 heterocycles. The predicted molar refractivity (Wildman–Crippen MR) is 98.6 cm³/mol. The number of carbonyl (C=O) groups excluding carboxylic acids is 2. The van der Waals surface area contributed by atoms with Gasteiger partial charge in [-0.1, -0.05) is 23.5 Å². The van der Waals surface area contributed by atoms with Gasteiger partial charge in [-0.3, -0.25) is 0 Å². The molecule has 8 heteroatoms. The average Bonchev–Trinajstić information content (AvgIpc) is 3.11. The van der Waals surface area contributed by atoms with Crippen LogP contribution in [-0.4, -0.2) is 36.1 Å². The second-order valence-corrected chi connectivity index (χ2v) is 6.10. The highest BCUT2D eigenvalue weighted by Gasteiger charge is 2.14. The van der Waals surface area contributed by atoms with E-state index in [4.69, 9.17) is 0 Å². The molecule has 26 heavy (non-hydrogen) atoms. The number of nitrogens with zero attached hydrogens (tertiary/aromatic N) is 2. The van der Waals surface area contributed by atoms with E-state index in [-0.39, 0.29) is 5.70 Å². The summed E-state index contributed by atoms with van der Waals surface area (Å²) >= 11 is 1.47. The Morgan fingerprint density at radius 3 is 2.73 bits per heavy atom. The molecule has 132 valence electrons. The van der Waals surface area contributed by atoms with Crippen LogP contribution in [0.4, 0.5) is 5.69 Å². The van der Waals surface area contributed by atoms with Gasteiger partial charge in [0.15, 0.2) is 0 Å². The Morgan fingerprint density at radius 1 is 1.15 bits per heavy atom. The van der Waals surface area contributed by atoms with Crippen molar-refractivity contribution in [3.63, 3.8) is 0 Å². The molecule has 0 spiro atoms. The lowest BCUT2D eigenvalue weighted by Gasteiger charge is -2.09. The first-order valence-electron chi connectivity index (χ1n) is 7.57. The van der Waals surface area contributed by atoms with Gasteiger partial charge >= 0.3 is 11.9 Å². The molecule has 0 saturated heterocycles. The van der Waals surface area contributed by atoms with Gasteiger partial charge in [-0.05, 0) is 24.3 Å². The number of ether oxygens (including phenoxy) is 2. The minimum absolute atomic E-state index is 0.0255. The molecule has 3 aromatic rings. The minimum Gasteiger partial charge on any atom is -0.466 e. The number of esters is 2. The smallest absolute Gasteiger partial charge is 0.354 e. The molecule has 0 unspecified atom stereocenters. The quantitative estimate of drug-likeness (QED) is 0.546. The molecule has 0 bridgehead atoms. The number of carbonyl (C=O) groups is 2. The molecule has 7 nitrogen and oxygen atoms in total. The number of hydrogen-bond acceptors (Lipinski definition) is 8. The molecule has 2 aromatic heterocycles. The number of thiazole rings is 1. The minimum atomic E-state index is -0.676. The summed E-state index contributed by atoms with van der Waals surface area (Å²) in [7, 11) is 2.47. The van der Waals surface area contributed by atoms with Crippen molar-refractivity contribution in [1.29, 1.82) is 0 Å². The molecule has 1 aromatic carbocycles. The topological polar surface area (TPSA) is 90.4 Å². The number of benzene rings is 1. The van der Waals surface area contributed by atoms with Crippen LogP contribution < -0.4 is 5.32 Å². The van der Waals surface area contributed by atoms with Gasteiger partial charge in [-0.15, -0.1) is 0 Å². The summed E-state index contributed by atoms with van der Waals surface area (Å²) < 4.78 is 9.25. The first-order chi connectivity index (χ1) is 12.6. The third-order valence-electron chi connectivity index (χ3n) is 3.42. The van der Waals surface area contributed by atoms with Crippen LogP contribution in [0.3, 0.4) is 0 Å². The van der Waals surface area contributed by atoms with E-state index in [9.17, 15) is 9.59 Å². The highest BCUT2D eigenvalue weighted by atomic mass is 32.1. The van der Waals surface area contributed by atoms with Gasteiger partial charge in [0.2, 0.25) is 0 Å². The molecule has 0 aliphatic heterocycles. The largest absolute Gasteiger partial charge is 0.466 e. The Balaban J connectivity index is 1.91. The van der Waals surface area contributed by atoms with Crippen molar-refractivity contribution in [2.24, 2.45) is 0 Å². The van der Waals surface area contributed by atoms with Crippen molar-refractivity contribution in [2.45, 2.75) is 0 Å². The van der Waals surface area contributed by atoms with Gasteiger partial charge in [0.1, 0.15) is 21.1 Å². The van der Waals surface area contributed by atoms with Crippen LogP contribution in [0, 0.1) is 0 Å². The Kier molecular flexibility index (Phi) is 5.23. The SMILES string of the molecule is COC(=O)/C=C(/Nc1cccc(-c2nc3cccnc3s2)c1)C(=O)OC. The lowest BCUT2D eigenvalue weighted by Crippen LogP contribution is -2.15. The van der Waals surface area contributed by atoms with Crippen LogP contribution in [0.5, 0.6) is 0 Å². The van der Waals surface area contributed by atoms with Gasteiger partial charge < -0.3 is 14.8 Å². The standard InChI is InChI=1S/C18H15N3O4S/c1-24-15(22)10-14(18(23)25-2)20-12-6-3-5-11(9-12)16-21-13-7-4-8-19-17(13)26-16/h3-10,20H,1-2H3/b14-10+. The van der Waals surface area contributed by atoms with Gasteiger partial charge in [0.25, 0.3) is 0 Å². The van der Waals surface area contributed by atoms with Crippen LogP contribution in [0.1, 0.15) is 0 Å². The fourth-order valence-corrected chi connectivity index (χ4v) is 3.12. The monoisotopic (exact) mass is 369 g/mol. The maximum atomic E-state index is 11.9. The van der Waals surface area contributed by atoms with E-state index in [1.54, 1.807) is 12.3 Å². The third-order valence-corrected chi connectivity index (χ3v) is 4.45. The molecule has 0 atom stereocenters. The van der Waals surface area contributed by atoms with E-state index in [1.165, 1.54) is 25.6 Å². The zero-order valence-corrected chi connectivity index (χ0v) is 14.9. The highest BCUT2D eigenvalue weighted by molar-refractivity contribution is 7.21. The van der Waals surface area contributed by atoms with Crippen LogP contribution in [0.2, 0.25) is 0 Å². The van der Waals surface area contributed by atoms with Crippen molar-refractivity contribution >= 4 is 39.3 Å². The summed E-state index contributed by atoms with van der Waals surface area (Å²) in [5.41, 5.74) is 2.27. The Hall–Kier alpha value is -3.26. The van der Waals surface area contributed by atoms with E-state index in [0.29, 0.717) is 5.69 Å². The van der Waals surface area contributed by atoms with E-state index in [2.05, 4.69) is 24.8 Å². The summed E-state index contributed by atoms with van der Waals surface area (Å²) in [6, 6.07) is 11.1. The number of aromatic nitrogens is 2. The van der Waals surface area contributed by atoms with Crippen molar-refractivity contribution in [2.75, 3.05) is 19.5 Å². The van der Waals surface area contributed by atoms with Crippen molar-refractivity contribution < 1.29 is 19.1 Å². The first kappa shape index (κ1) is 17.6. The molecule has 0 fully saturated rings. The number of rotatable bonds is 5. The summed E-state index contributed by atoms with van der Waals surface area (Å²) in [5, 5.41) is 3.69. The van der Waals surface area contributed by atoms with Gasteiger partial charge in [-0.25, -0.2) is 19.6 Å². The number of hydrogen-bond donors (Lipinski definition) is 1. The summed E-state index contributed by atoms with van der Waals surface area (Å²) in [5.74, 6) is -1.34. The number of anilines is 1. The number of methoxy groups -OCH3 is 2. The van der Waals surface area contributed by atoms with Crippen LogP contribution in [-0.2, 0) is 19.1 Å². The number of nitrogens with one attached hydrogen (secondary N) is 1. The molecule has 0 radical (unpaired) electrons. The van der Waals surface area contributed by atoms with E-state index in [1.807, 2.05) is 30.3 Å². The van der Waals surface area contributed by atoms with Crippen molar-refractivity contribution in [3.8, 4) is 10.6 Å². The van der Waals surface area contributed by atoms with Crippen molar-refractivity contribution in [3.05, 3.63) is 54.4 Å². The first-order valence-corrected chi connectivity index (χ1v) is 8.39. The van der Waals surface area contributed by atoms with Gasteiger partial charge in [-0.2, -0.15) is 0 Å². The second kappa shape index (κ2) is 7.75. The molecular weight excluding hydrogens is 354 g/mol. The Labute approximate surface area is 153 Å². The molecular formula is C18H15N3O4S. The Bertz CT molecular complexity index is 964. The maximum absolute atomic E-state index is 11.9. The van der Waals surface area contributed by atoms with Crippen molar-refractivity contribution in [1.82, 2.24) is 9.97 Å². The Morgan fingerprint density at radius 2 is 2.00 bits per heavy atom. The lowest BCUT2D eigenvalue weighted by atomic mass is 10.2. The zero-order valence-electron chi connectivity index (χ0n) is 14.1. The lowest BCUT2D eigenvalue weighted by molar-refractivity contribution is -0.138. The second-order valence-electron chi connectivity index (χ2n) is 5.13. The third kappa shape index (κ3) is 3.86. The van der Waals surface area contributed by atoms with E-state index in [0.717, 1.165) is 27.0 Å². The van der Waals surface area contributed by atoms with Crippen LogP contribution in [0.25, 0.3) is 20.9 Å². The summed E-state index contributed by atoms with van der Waals surface area (Å²) in [6.45, 7) is 0. The fraction of sp³-hybridized carbons (Fsp3) is 0.111. The number of pyridine rings is 1. The van der Waals surface area contributed by atoms with Gasteiger partial charge in [0.05, 0.1) is 20.3 Å². The normalized spacial score (nSPS) is 11.2.